The summed E-state index contributed by atoms with van der Waals surface area (Å²) in [6, 6.07) is 30.6. The van der Waals surface area contributed by atoms with E-state index in [0.29, 0.717) is 54.5 Å². The zero-order valence-electron chi connectivity index (χ0n) is 59.0. The maximum absolute atomic E-state index is 11.8. The van der Waals surface area contributed by atoms with Gasteiger partial charge in [-0.05, 0) is 150 Å². The first-order valence-electron chi connectivity index (χ1n) is 29.7. The number of nitrogen functional groups attached to an aromatic ring is 2. The molecule has 0 bridgehead atoms. The maximum Gasteiger partial charge on any atom is 1.00 e. The number of benzene rings is 4. The number of nitrogens with two attached hydrogens (primary N) is 5. The van der Waals surface area contributed by atoms with Gasteiger partial charge in [-0.1, -0.05) is 120 Å². The summed E-state index contributed by atoms with van der Waals surface area (Å²) in [7, 11) is 6.50. The summed E-state index contributed by atoms with van der Waals surface area (Å²) in [5, 5.41) is 4.07. The molecule has 97 heavy (non-hydrogen) atoms. The molecular formula is C66H95BrCl4N10NaO14P. The number of methoxy groups -OCH3 is 4. The molecule has 24 nitrogen and oxygen atoms in total. The molecule has 0 fully saturated rings. The zero-order chi connectivity index (χ0) is 73.7. The molecule has 31 heteroatoms. The number of aromatic nitrogens is 4. The van der Waals surface area contributed by atoms with Crippen molar-refractivity contribution in [1.29, 1.82) is 5.41 Å². The van der Waals surface area contributed by atoms with Gasteiger partial charge in [-0.3, -0.25) is 43.7 Å². The smallest absolute Gasteiger partial charge is 1.00 e. The number of aryl methyl sites for hydroxylation is 2. The Hall–Kier alpha value is -6.51. The van der Waals surface area contributed by atoms with Crippen molar-refractivity contribution in [3.63, 3.8) is 0 Å². The summed E-state index contributed by atoms with van der Waals surface area (Å²) in [4.78, 5) is 81.7. The van der Waals surface area contributed by atoms with Crippen molar-refractivity contribution in [2.45, 2.75) is 138 Å². The van der Waals surface area contributed by atoms with Crippen LogP contribution >= 0.6 is 66.5 Å². The average Bonchev–Trinajstić information content (AvgIpc) is 0.883. The fraction of sp³-hybridized carbons (Fsp3) is 0.424. The molecule has 0 saturated heterocycles. The van der Waals surface area contributed by atoms with E-state index in [9.17, 15) is 33.3 Å². The van der Waals surface area contributed by atoms with E-state index in [-0.39, 0.29) is 91.0 Å². The fourth-order valence-corrected chi connectivity index (χ4v) is 8.58. The predicted octanol–water partition coefficient (Wildman–Crippen LogP) is 10.0. The van der Waals surface area contributed by atoms with Crippen LogP contribution in [0.25, 0.3) is 0 Å². The van der Waals surface area contributed by atoms with E-state index < -0.39 is 28.7 Å². The monoisotopic (exact) mass is 1520 g/mol. The van der Waals surface area contributed by atoms with Crippen molar-refractivity contribution >= 4 is 114 Å². The number of ether oxygens (including phenoxy) is 7. The first-order chi connectivity index (χ1) is 44.9. The number of anilines is 2. The van der Waals surface area contributed by atoms with Crippen LogP contribution in [0.4, 0.5) is 11.9 Å². The van der Waals surface area contributed by atoms with Gasteiger partial charge >= 0.3 is 52.7 Å². The first-order valence-corrected chi connectivity index (χ1v) is 35.6. The summed E-state index contributed by atoms with van der Waals surface area (Å²) in [6.07, 6.45) is 4.71. The first kappa shape index (κ1) is 94.7. The molecule has 0 aliphatic heterocycles. The number of hydrogen-bond acceptors (Lipinski definition) is 21. The number of aromatic amines is 1. The number of halogens is 5. The molecule has 0 aliphatic carbocycles. The summed E-state index contributed by atoms with van der Waals surface area (Å²) in [5.41, 5.74) is 32.1. The largest absolute Gasteiger partial charge is 1.00 e. The molecule has 2 heterocycles. The van der Waals surface area contributed by atoms with Gasteiger partial charge in [-0.15, -0.1) is 0 Å². The van der Waals surface area contributed by atoms with E-state index in [1.54, 1.807) is 55.3 Å². The molecule has 0 aliphatic rings. The number of carbonyl (C=O) groups is 5. The third-order valence-electron chi connectivity index (χ3n) is 12.0. The van der Waals surface area contributed by atoms with Crippen molar-refractivity contribution in [3.05, 3.63) is 157 Å². The summed E-state index contributed by atoms with van der Waals surface area (Å²) >= 11 is 23.3. The number of alkyl halides is 1. The van der Waals surface area contributed by atoms with Crippen LogP contribution in [0.5, 0.6) is 23.0 Å². The molecule has 2 aromatic heterocycles. The minimum atomic E-state index is -3.22. The minimum absolute atomic E-state index is 0. The van der Waals surface area contributed by atoms with Crippen LogP contribution in [0.15, 0.2) is 102 Å². The second-order valence-corrected chi connectivity index (χ2v) is 28.6. The van der Waals surface area contributed by atoms with Crippen molar-refractivity contribution in [2.24, 2.45) is 23.1 Å². The number of H-pyrrole nitrogens is 1. The SMILES string of the molecule is CCCC[C@H](N)CC(=O)OC(C)(C)C.CCOC(=O)C(Cc1ccccc1OC)C(C)=O.CCOC(=O)CC(C)=O.COc1ccccc1CBr.COc1ccccc1Cc1c(C)nc(N)[nH]c1=O.COc1ccccc1Cc1c(C)nc(N)nc1Cl.N=C(N)N.O=P(Cl)(Cl)Cl.[H-].[Na+]. The normalized spacial score (nSPS) is 10.6. The molecular weight excluding hydrogens is 1430 g/mol. The number of guanidine groups is 1. The van der Waals surface area contributed by atoms with E-state index in [1.807, 2.05) is 119 Å². The number of nitrogens with one attached hydrogen (secondary N) is 2. The molecule has 12 N–H and O–H groups in total. The number of nitrogens with zero attached hydrogens (tertiary/aromatic N) is 3. The molecule has 2 atom stereocenters. The molecule has 6 rings (SSSR count). The van der Waals surface area contributed by atoms with Crippen molar-refractivity contribution in [2.75, 3.05) is 53.1 Å². The molecule has 0 amide bonds. The van der Waals surface area contributed by atoms with Gasteiger partial charge in [-0.2, -0.15) is 0 Å². The van der Waals surface area contributed by atoms with Crippen molar-refractivity contribution in [1.82, 2.24) is 19.9 Å². The topological polar surface area (TPSA) is 393 Å². The number of ketones is 2. The Labute approximate surface area is 621 Å². The number of para-hydroxylation sites is 4. The van der Waals surface area contributed by atoms with Gasteiger partial charge in [0, 0.05) is 46.6 Å². The van der Waals surface area contributed by atoms with E-state index >= 15 is 0 Å². The van der Waals surface area contributed by atoms with Crippen LogP contribution in [0, 0.1) is 25.2 Å². The number of unbranched alkanes of at least 4 members (excludes halogenated alkanes) is 1. The van der Waals surface area contributed by atoms with Gasteiger partial charge in [0.2, 0.25) is 11.9 Å². The third kappa shape index (κ3) is 45.7. The Morgan fingerprint density at radius 3 is 1.45 bits per heavy atom. The van der Waals surface area contributed by atoms with Crippen LogP contribution < -0.4 is 82.7 Å². The maximum atomic E-state index is 11.8. The summed E-state index contributed by atoms with van der Waals surface area (Å²) in [5.74, 6) is 0.976. The van der Waals surface area contributed by atoms with E-state index in [1.165, 1.54) is 19.4 Å². The standard InChI is InChI=1S/C14H18O4.C13H14ClN3O.C13H15N3O2.C11H23NO2.C8H9BrO.C6H10O3.CH5N3.Cl3OP.Na.H/c1-4-18-14(16)12(10(2)15)9-11-7-5-6-8-13(11)17-3;1-8-10(12(14)17-13(15)16-8)7-9-5-3-4-6-11(9)18-2;1-8-10(12(17)16-13(14)15-8)7-9-5-3-4-6-11(9)18-2;1-5-6-7-9(12)8-10(13)14-11(2,3)4;1-10-8-5-3-2-4-7(8)6-9;1-3-9-6(8)4-5(2)7;2-1(3)4;1-5(2,3)4;;/h5-8,12H,4,9H2,1-3H3;3-6H,7H2,1-2H3,(H2,15,16,17);3-6H,7H2,1-2H3,(H3,14,15,16,17);9H,5-8,12H2,1-4H3;2-5H,6H2,1H3;3-4H2,1-2H3;(H5,2,3,4);;;/q;;;;;;;;+1;-1/t;;;9-;;;;;;/m...0....../s1. The van der Waals surface area contributed by atoms with Crippen LogP contribution in [-0.4, -0.2) is 109 Å². The second kappa shape index (κ2) is 52.5. The minimum Gasteiger partial charge on any atom is -1.00 e. The van der Waals surface area contributed by atoms with Crippen LogP contribution in [0.2, 0.25) is 5.15 Å². The molecule has 6 aromatic rings. The quantitative estimate of drug-likeness (QED) is 0.00382. The number of esters is 3. The van der Waals surface area contributed by atoms with Gasteiger partial charge in [0.1, 0.15) is 57.7 Å². The Bertz CT molecular complexity index is 3410. The van der Waals surface area contributed by atoms with Crippen LogP contribution in [0.1, 0.15) is 134 Å². The van der Waals surface area contributed by atoms with E-state index in [0.717, 1.165) is 69.8 Å². The molecule has 4 aromatic carbocycles. The molecule has 0 saturated carbocycles. The second-order valence-electron chi connectivity index (χ2n) is 21.0. The molecule has 1 unspecified atom stereocenters. The Morgan fingerprint density at radius 1 is 0.680 bits per heavy atom. The molecule has 534 valence electrons. The number of hydrogen-bond donors (Lipinski definition) is 7. The van der Waals surface area contributed by atoms with E-state index in [4.69, 9.17) is 62.6 Å². The van der Waals surface area contributed by atoms with Gasteiger partial charge in [0.05, 0.1) is 53.8 Å². The third-order valence-corrected chi connectivity index (χ3v) is 12.9. The van der Waals surface area contributed by atoms with Gasteiger partial charge in [-0.25, -0.2) is 15.0 Å². The van der Waals surface area contributed by atoms with Gasteiger partial charge in [0.25, 0.3) is 5.56 Å². The summed E-state index contributed by atoms with van der Waals surface area (Å²) < 4.78 is 45.0. The number of carbonyl (C=O) groups excluding carboxylic acids is 5. The Balaban J connectivity index is -0.000000533. The molecule has 0 radical (unpaired) electrons. The van der Waals surface area contributed by atoms with Crippen LogP contribution in [-0.2, 0) is 67.3 Å². The Morgan fingerprint density at radius 2 is 1.08 bits per heavy atom. The zero-order valence-corrected chi connectivity index (χ0v) is 65.5. The predicted molar refractivity (Wildman–Crippen MR) is 387 cm³/mol. The number of Topliss-reactive ketones (excluding diaryl/α,β-unsaturated/α-hetero) is 2. The number of rotatable bonds is 22. The van der Waals surface area contributed by atoms with Crippen molar-refractivity contribution in [3.8, 4) is 23.0 Å². The summed E-state index contributed by atoms with van der Waals surface area (Å²) in [6.45, 7) is 18.1. The average molecular weight is 1530 g/mol. The fourth-order valence-electron chi connectivity index (χ4n) is 7.82. The van der Waals surface area contributed by atoms with Crippen LogP contribution in [0.3, 0.4) is 0 Å². The van der Waals surface area contributed by atoms with Crippen molar-refractivity contribution < 1.29 is 92.7 Å². The van der Waals surface area contributed by atoms with E-state index in [2.05, 4.69) is 92.7 Å². The van der Waals surface area contributed by atoms with Gasteiger partial charge in [0.15, 0.2) is 5.96 Å². The Kier molecular flexibility index (Phi) is 51.3. The van der Waals surface area contributed by atoms with Gasteiger partial charge < -0.3 is 63.3 Å². The molecule has 0 spiro atoms.